The molecule has 0 aromatic heterocycles. The van der Waals surface area contributed by atoms with E-state index in [2.05, 4.69) is 16.6 Å². The summed E-state index contributed by atoms with van der Waals surface area (Å²) in [7, 11) is 0. The second-order valence-corrected chi connectivity index (χ2v) is 4.96. The summed E-state index contributed by atoms with van der Waals surface area (Å²) in [5.74, 6) is -0.258. The fourth-order valence-electron chi connectivity index (χ4n) is 2.29. The number of rotatable bonds is 3. The Morgan fingerprint density at radius 3 is 2.52 bits per heavy atom. The average Bonchev–Trinajstić information content (AvgIpc) is 2.61. The Morgan fingerprint density at radius 1 is 1.00 bits per heavy atom. The van der Waals surface area contributed by atoms with Crippen LogP contribution in [0, 0.1) is 11.3 Å². The largest absolute Gasteiger partial charge is 0.271 e. The van der Waals surface area contributed by atoms with E-state index in [1.165, 1.54) is 0 Å². The highest BCUT2D eigenvalue weighted by molar-refractivity contribution is 6.07. The van der Waals surface area contributed by atoms with Crippen LogP contribution in [-0.4, -0.2) is 12.1 Å². The first-order valence-electron chi connectivity index (χ1n) is 7.09. The van der Waals surface area contributed by atoms with Crippen molar-refractivity contribution in [3.63, 3.8) is 0 Å². The summed E-state index contributed by atoms with van der Waals surface area (Å²) < 4.78 is 0. The highest BCUT2D eigenvalue weighted by Crippen LogP contribution is 2.18. The number of carbonyl (C=O) groups is 1. The van der Waals surface area contributed by atoms with Crippen LogP contribution in [0.4, 0.5) is 0 Å². The molecule has 3 aromatic carbocycles. The maximum absolute atomic E-state index is 12.3. The van der Waals surface area contributed by atoms with Crippen molar-refractivity contribution in [3.8, 4) is 6.07 Å². The van der Waals surface area contributed by atoms with Crippen LogP contribution >= 0.6 is 0 Å². The van der Waals surface area contributed by atoms with E-state index < -0.39 is 0 Å². The summed E-state index contributed by atoms with van der Waals surface area (Å²) in [6, 6.07) is 22.3. The molecule has 0 fully saturated rings. The van der Waals surface area contributed by atoms with Crippen LogP contribution < -0.4 is 5.43 Å². The lowest BCUT2D eigenvalue weighted by Crippen LogP contribution is -2.17. The molecule has 1 N–H and O–H groups in total. The monoisotopic (exact) mass is 299 g/mol. The summed E-state index contributed by atoms with van der Waals surface area (Å²) in [6.45, 7) is 0. The molecule has 3 aromatic rings. The van der Waals surface area contributed by atoms with E-state index in [-0.39, 0.29) is 5.91 Å². The molecule has 0 heterocycles. The number of carbonyl (C=O) groups excluding carboxylic acids is 1. The van der Waals surface area contributed by atoms with Gasteiger partial charge in [0.2, 0.25) is 0 Å². The molecule has 4 heteroatoms. The third-order valence-electron chi connectivity index (χ3n) is 3.45. The number of hydrazone groups is 1. The Kier molecular flexibility index (Phi) is 4.12. The second-order valence-electron chi connectivity index (χ2n) is 4.96. The summed E-state index contributed by atoms with van der Waals surface area (Å²) in [4.78, 5) is 12.3. The SMILES string of the molecule is N#Cc1ccc(C=NNC(=O)c2cccc3ccccc23)cc1. The van der Waals surface area contributed by atoms with E-state index in [0.717, 1.165) is 16.3 Å². The van der Waals surface area contributed by atoms with Crippen LogP contribution in [0.1, 0.15) is 21.5 Å². The van der Waals surface area contributed by atoms with Crippen molar-refractivity contribution < 1.29 is 4.79 Å². The van der Waals surface area contributed by atoms with Crippen LogP contribution in [0.2, 0.25) is 0 Å². The molecule has 0 saturated carbocycles. The first-order valence-corrected chi connectivity index (χ1v) is 7.09. The van der Waals surface area contributed by atoms with Gasteiger partial charge >= 0.3 is 0 Å². The number of hydrogen-bond acceptors (Lipinski definition) is 3. The molecule has 0 aliphatic heterocycles. The van der Waals surface area contributed by atoms with Gasteiger partial charge in [0.05, 0.1) is 17.8 Å². The molecule has 3 rings (SSSR count). The van der Waals surface area contributed by atoms with Crippen molar-refractivity contribution in [3.05, 3.63) is 83.4 Å². The molecule has 0 aliphatic carbocycles. The number of benzene rings is 3. The number of hydrogen-bond donors (Lipinski definition) is 1. The first-order chi connectivity index (χ1) is 11.3. The quantitative estimate of drug-likeness (QED) is 0.594. The highest BCUT2D eigenvalue weighted by Gasteiger charge is 2.08. The van der Waals surface area contributed by atoms with E-state index in [1.54, 1.807) is 36.5 Å². The molecule has 0 radical (unpaired) electrons. The zero-order valence-electron chi connectivity index (χ0n) is 12.2. The Bertz CT molecular complexity index is 916. The van der Waals surface area contributed by atoms with E-state index in [9.17, 15) is 4.79 Å². The smallest absolute Gasteiger partial charge is 0.267 e. The van der Waals surface area contributed by atoms with Gasteiger partial charge in [-0.15, -0.1) is 0 Å². The van der Waals surface area contributed by atoms with Crippen molar-refractivity contribution >= 4 is 22.9 Å². The standard InChI is InChI=1S/C19H13N3O/c20-12-14-8-10-15(11-9-14)13-21-22-19(23)18-7-3-5-16-4-1-2-6-17(16)18/h1-11,13H,(H,22,23). The summed E-state index contributed by atoms with van der Waals surface area (Å²) >= 11 is 0. The topological polar surface area (TPSA) is 65.2 Å². The van der Waals surface area contributed by atoms with Gasteiger partial charge in [-0.3, -0.25) is 4.79 Å². The lowest BCUT2D eigenvalue weighted by Gasteiger charge is -2.04. The Morgan fingerprint density at radius 2 is 1.74 bits per heavy atom. The molecule has 1 amide bonds. The average molecular weight is 299 g/mol. The van der Waals surface area contributed by atoms with Crippen LogP contribution in [-0.2, 0) is 0 Å². The predicted octanol–water partition coefficient (Wildman–Crippen LogP) is 3.48. The van der Waals surface area contributed by atoms with E-state index in [0.29, 0.717) is 11.1 Å². The van der Waals surface area contributed by atoms with Crippen LogP contribution in [0.3, 0.4) is 0 Å². The number of nitriles is 1. The molecule has 110 valence electrons. The number of amides is 1. The fourth-order valence-corrected chi connectivity index (χ4v) is 2.29. The third-order valence-corrected chi connectivity index (χ3v) is 3.45. The van der Waals surface area contributed by atoms with Gasteiger partial charge in [0.25, 0.3) is 5.91 Å². The summed E-state index contributed by atoms with van der Waals surface area (Å²) in [6.07, 6.45) is 1.55. The minimum Gasteiger partial charge on any atom is -0.267 e. The number of fused-ring (bicyclic) bond motifs is 1. The maximum Gasteiger partial charge on any atom is 0.271 e. The third kappa shape index (κ3) is 3.25. The zero-order chi connectivity index (χ0) is 16.1. The zero-order valence-corrected chi connectivity index (χ0v) is 12.2. The van der Waals surface area contributed by atoms with Crippen molar-refractivity contribution in [2.45, 2.75) is 0 Å². The molecule has 0 spiro atoms. The van der Waals surface area contributed by atoms with Gasteiger partial charge in [-0.05, 0) is 34.5 Å². The minimum atomic E-state index is -0.258. The molecule has 0 saturated heterocycles. The van der Waals surface area contributed by atoms with Crippen molar-refractivity contribution in [2.75, 3.05) is 0 Å². The van der Waals surface area contributed by atoms with Gasteiger partial charge in [0.15, 0.2) is 0 Å². The van der Waals surface area contributed by atoms with Gasteiger partial charge in [-0.2, -0.15) is 10.4 Å². The lowest BCUT2D eigenvalue weighted by atomic mass is 10.0. The molecular formula is C19H13N3O. The summed E-state index contributed by atoms with van der Waals surface area (Å²) in [5.41, 5.74) is 4.51. The van der Waals surface area contributed by atoms with Crippen LogP contribution in [0.25, 0.3) is 10.8 Å². The van der Waals surface area contributed by atoms with Gasteiger partial charge in [-0.25, -0.2) is 5.43 Å². The van der Waals surface area contributed by atoms with Crippen molar-refractivity contribution in [1.29, 1.82) is 5.26 Å². The van der Waals surface area contributed by atoms with Gasteiger partial charge < -0.3 is 0 Å². The second kappa shape index (κ2) is 6.54. The molecule has 0 atom stereocenters. The minimum absolute atomic E-state index is 0.258. The normalized spacial score (nSPS) is 10.6. The molecule has 23 heavy (non-hydrogen) atoms. The molecule has 0 bridgehead atoms. The molecule has 0 unspecified atom stereocenters. The molecular weight excluding hydrogens is 286 g/mol. The van der Waals surface area contributed by atoms with E-state index in [4.69, 9.17) is 5.26 Å². The lowest BCUT2D eigenvalue weighted by molar-refractivity contribution is 0.0957. The van der Waals surface area contributed by atoms with Gasteiger partial charge in [0.1, 0.15) is 0 Å². The molecule has 4 nitrogen and oxygen atoms in total. The Balaban J connectivity index is 1.76. The highest BCUT2D eigenvalue weighted by atomic mass is 16.2. The number of nitrogens with one attached hydrogen (secondary N) is 1. The van der Waals surface area contributed by atoms with Crippen LogP contribution in [0.15, 0.2) is 71.8 Å². The first kappa shape index (κ1) is 14.5. The summed E-state index contributed by atoms with van der Waals surface area (Å²) in [5, 5.41) is 14.6. The van der Waals surface area contributed by atoms with E-state index >= 15 is 0 Å². The fraction of sp³-hybridized carbons (Fsp3) is 0. The van der Waals surface area contributed by atoms with Gasteiger partial charge in [0, 0.05) is 5.56 Å². The predicted molar refractivity (Wildman–Crippen MR) is 90.2 cm³/mol. The maximum atomic E-state index is 12.3. The molecule has 0 aliphatic rings. The van der Waals surface area contributed by atoms with Crippen molar-refractivity contribution in [2.24, 2.45) is 5.10 Å². The number of nitrogens with zero attached hydrogens (tertiary/aromatic N) is 2. The van der Waals surface area contributed by atoms with Gasteiger partial charge in [-0.1, -0.05) is 48.5 Å². The van der Waals surface area contributed by atoms with E-state index in [1.807, 2.05) is 36.4 Å². The van der Waals surface area contributed by atoms with Crippen LogP contribution in [0.5, 0.6) is 0 Å². The Hall–Kier alpha value is -3.45. The Labute approximate surface area is 133 Å². The van der Waals surface area contributed by atoms with Crippen molar-refractivity contribution in [1.82, 2.24) is 5.43 Å².